The topological polar surface area (TPSA) is 98.0 Å². The normalized spacial score (nSPS) is 21.5. The summed E-state index contributed by atoms with van der Waals surface area (Å²) >= 11 is 1.22. The summed E-state index contributed by atoms with van der Waals surface area (Å²) in [6.45, 7) is 6.58. The molecule has 0 aliphatic carbocycles. The molecule has 2 aliphatic heterocycles. The van der Waals surface area contributed by atoms with Gasteiger partial charge in [0, 0.05) is 31.7 Å². The maximum absolute atomic E-state index is 15.7. The van der Waals surface area contributed by atoms with Crippen LogP contribution in [-0.4, -0.2) is 78.8 Å². The first-order valence-electron chi connectivity index (χ1n) is 10.8. The molecule has 0 N–H and O–H groups in total. The molecule has 2 atom stereocenters. The first-order valence-corrected chi connectivity index (χ1v) is 11.6. The molecule has 11 heteroatoms. The second-order valence-corrected chi connectivity index (χ2v) is 9.11. The van der Waals surface area contributed by atoms with Crippen LogP contribution in [0.5, 0.6) is 0 Å². The third-order valence-corrected chi connectivity index (χ3v) is 6.69. The van der Waals surface area contributed by atoms with Crippen molar-refractivity contribution < 1.29 is 28.0 Å². The lowest BCUT2D eigenvalue weighted by atomic mass is 10.0. The molecule has 0 saturated carbocycles. The monoisotopic (exact) mass is 474 g/mol. The molecule has 4 heterocycles. The Hall–Kier alpha value is -2.89. The van der Waals surface area contributed by atoms with Crippen LogP contribution in [0.1, 0.15) is 34.7 Å². The van der Waals surface area contributed by atoms with Gasteiger partial charge in [-0.3, -0.25) is 9.59 Å². The number of thiazole rings is 1. The molecular formula is C22H23FN4O5S. The average Bonchev–Trinajstić information content (AvgIpc) is 3.45. The largest absolute Gasteiger partial charge is 0.378 e. The predicted molar refractivity (Wildman–Crippen MR) is 119 cm³/mol. The summed E-state index contributed by atoms with van der Waals surface area (Å²) in [7, 11) is 0. The van der Waals surface area contributed by atoms with Gasteiger partial charge in [-0.25, -0.2) is 9.37 Å². The molecule has 2 aliphatic rings. The maximum atomic E-state index is 15.7. The van der Waals surface area contributed by atoms with Crippen LogP contribution in [0.2, 0.25) is 0 Å². The second-order valence-electron chi connectivity index (χ2n) is 8.25. The first kappa shape index (κ1) is 21.9. The third kappa shape index (κ3) is 3.90. The Balaban J connectivity index is 1.57. The number of ether oxygens (including phenoxy) is 2. The van der Waals surface area contributed by atoms with E-state index in [-0.39, 0.29) is 40.6 Å². The van der Waals surface area contributed by atoms with E-state index in [0.29, 0.717) is 61.6 Å². The Morgan fingerprint density at radius 3 is 2.67 bits per heavy atom. The van der Waals surface area contributed by atoms with E-state index in [1.54, 1.807) is 21.4 Å². The van der Waals surface area contributed by atoms with Gasteiger partial charge in [0.1, 0.15) is 11.4 Å². The molecule has 2 aromatic heterocycles. The summed E-state index contributed by atoms with van der Waals surface area (Å²) < 4.78 is 32.1. The van der Waals surface area contributed by atoms with Crippen LogP contribution in [0.25, 0.3) is 21.5 Å². The highest BCUT2D eigenvalue weighted by Crippen LogP contribution is 2.39. The summed E-state index contributed by atoms with van der Waals surface area (Å²) in [6, 6.07) is 1.57. The molecule has 2 saturated heterocycles. The van der Waals surface area contributed by atoms with Crippen LogP contribution in [-0.2, 0) is 9.47 Å². The van der Waals surface area contributed by atoms with Crippen LogP contribution in [0, 0.1) is 5.82 Å². The lowest BCUT2D eigenvalue weighted by Gasteiger charge is -2.37. The van der Waals surface area contributed by atoms with Gasteiger partial charge in [0.25, 0.3) is 5.91 Å². The van der Waals surface area contributed by atoms with E-state index in [4.69, 9.17) is 14.0 Å². The molecule has 9 nitrogen and oxygen atoms in total. The quantitative estimate of drug-likeness (QED) is 0.533. The van der Waals surface area contributed by atoms with Crippen LogP contribution < -0.4 is 4.90 Å². The fourth-order valence-corrected chi connectivity index (χ4v) is 5.24. The van der Waals surface area contributed by atoms with Gasteiger partial charge in [0.15, 0.2) is 12.1 Å². The number of carbonyl (C=O) groups is 2. The molecule has 2 fully saturated rings. The number of anilines is 1. The zero-order chi connectivity index (χ0) is 23.1. The zero-order valence-corrected chi connectivity index (χ0v) is 19.1. The number of carbonyl (C=O) groups excluding carboxylic acids is 2. The number of rotatable bonds is 4. The van der Waals surface area contributed by atoms with Crippen molar-refractivity contribution in [2.75, 3.05) is 44.3 Å². The number of aromatic nitrogens is 2. The summed E-state index contributed by atoms with van der Waals surface area (Å²) in [4.78, 5) is 33.2. The smallest absolute Gasteiger partial charge is 0.274 e. The van der Waals surface area contributed by atoms with E-state index < -0.39 is 5.82 Å². The molecule has 5 rings (SSSR count). The van der Waals surface area contributed by atoms with Crippen LogP contribution >= 0.6 is 11.3 Å². The highest BCUT2D eigenvalue weighted by atomic mass is 32.1. The first-order chi connectivity index (χ1) is 16.0. The van der Waals surface area contributed by atoms with Crippen molar-refractivity contribution in [3.8, 4) is 10.6 Å². The molecule has 3 aromatic rings. The van der Waals surface area contributed by atoms with E-state index in [1.807, 2.05) is 13.8 Å². The SMILES string of the molecule is CC1CN(c2c(C=O)cc3c(-c4scnc4C(=O)N4CCOCC4)noc3c2F)CC(C)O1. The van der Waals surface area contributed by atoms with Crippen molar-refractivity contribution in [2.24, 2.45) is 0 Å². The minimum Gasteiger partial charge on any atom is -0.378 e. The Labute approximate surface area is 193 Å². The number of amides is 1. The summed E-state index contributed by atoms with van der Waals surface area (Å²) in [5, 5.41) is 4.41. The van der Waals surface area contributed by atoms with Crippen molar-refractivity contribution >= 4 is 40.2 Å². The maximum Gasteiger partial charge on any atom is 0.274 e. The van der Waals surface area contributed by atoms with Gasteiger partial charge >= 0.3 is 0 Å². The fourth-order valence-electron chi connectivity index (χ4n) is 4.47. The van der Waals surface area contributed by atoms with Gasteiger partial charge in [-0.05, 0) is 19.9 Å². The Morgan fingerprint density at radius 1 is 1.24 bits per heavy atom. The molecule has 33 heavy (non-hydrogen) atoms. The van der Waals surface area contributed by atoms with Gasteiger partial charge in [0.2, 0.25) is 5.58 Å². The van der Waals surface area contributed by atoms with Crippen molar-refractivity contribution in [3.05, 3.63) is 28.7 Å². The molecule has 174 valence electrons. The molecule has 0 spiro atoms. The predicted octanol–water partition coefficient (Wildman–Crippen LogP) is 2.99. The molecule has 0 bridgehead atoms. The van der Waals surface area contributed by atoms with Gasteiger partial charge in [-0.2, -0.15) is 0 Å². The highest BCUT2D eigenvalue weighted by molar-refractivity contribution is 7.13. The number of hydrogen-bond acceptors (Lipinski definition) is 9. The Morgan fingerprint density at radius 2 is 1.97 bits per heavy atom. The second kappa shape index (κ2) is 8.81. The van der Waals surface area contributed by atoms with Gasteiger partial charge in [-0.1, -0.05) is 5.16 Å². The minimum atomic E-state index is -0.653. The van der Waals surface area contributed by atoms with Crippen LogP contribution in [0.3, 0.4) is 0 Å². The molecule has 2 unspecified atom stereocenters. The number of nitrogens with zero attached hydrogens (tertiary/aromatic N) is 4. The van der Waals surface area contributed by atoms with E-state index >= 15 is 4.39 Å². The number of fused-ring (bicyclic) bond motifs is 1. The lowest BCUT2D eigenvalue weighted by molar-refractivity contribution is -0.00543. The summed E-state index contributed by atoms with van der Waals surface area (Å²) in [5.74, 6) is -0.894. The Bertz CT molecular complexity index is 1200. The highest BCUT2D eigenvalue weighted by Gasteiger charge is 2.31. The summed E-state index contributed by atoms with van der Waals surface area (Å²) in [5.41, 5.74) is 2.38. The van der Waals surface area contributed by atoms with E-state index in [2.05, 4.69) is 10.1 Å². The van der Waals surface area contributed by atoms with Crippen molar-refractivity contribution in [2.45, 2.75) is 26.1 Å². The summed E-state index contributed by atoms with van der Waals surface area (Å²) in [6.07, 6.45) is 0.408. The molecular weight excluding hydrogens is 451 g/mol. The molecule has 1 aromatic carbocycles. The van der Waals surface area contributed by atoms with Crippen molar-refractivity contribution in [1.82, 2.24) is 15.0 Å². The average molecular weight is 475 g/mol. The van der Waals surface area contributed by atoms with Crippen LogP contribution in [0.4, 0.5) is 10.1 Å². The fraction of sp³-hybridized carbons (Fsp3) is 0.455. The van der Waals surface area contributed by atoms with Crippen LogP contribution in [0.15, 0.2) is 16.1 Å². The number of morpholine rings is 2. The van der Waals surface area contributed by atoms with Gasteiger partial charge in [0.05, 0.1) is 46.9 Å². The number of benzene rings is 1. The molecule has 0 radical (unpaired) electrons. The van der Waals surface area contributed by atoms with E-state index in [0.717, 1.165) is 0 Å². The van der Waals surface area contributed by atoms with Gasteiger partial charge in [-0.15, -0.1) is 11.3 Å². The Kier molecular flexibility index (Phi) is 5.85. The number of hydrogen-bond donors (Lipinski definition) is 0. The van der Waals surface area contributed by atoms with Crippen molar-refractivity contribution in [3.63, 3.8) is 0 Å². The van der Waals surface area contributed by atoms with E-state index in [1.165, 1.54) is 11.3 Å². The lowest BCUT2D eigenvalue weighted by Crippen LogP contribution is -2.46. The number of aldehydes is 1. The number of halogens is 1. The zero-order valence-electron chi connectivity index (χ0n) is 18.2. The van der Waals surface area contributed by atoms with Gasteiger partial charge < -0.3 is 23.8 Å². The van der Waals surface area contributed by atoms with E-state index in [9.17, 15) is 9.59 Å². The minimum absolute atomic E-state index is 0.0597. The third-order valence-electron chi connectivity index (χ3n) is 5.85. The van der Waals surface area contributed by atoms with Crippen molar-refractivity contribution in [1.29, 1.82) is 0 Å². The molecule has 1 amide bonds. The standard InChI is InChI=1S/C22H23FN4O5S/c1-12-8-27(9-13(2)31-12)19-14(10-28)7-15-17(25-32-20(15)16(19)23)21-18(24-11-33-21)22(29)26-3-5-30-6-4-26/h7,10-13H,3-6,8-9H2,1-2H3.